The minimum Gasteiger partial charge on any atom is -0.462 e. The van der Waals surface area contributed by atoms with Gasteiger partial charge in [-0.2, -0.15) is 5.26 Å². The number of nitrogen functional groups attached to an aromatic ring is 1. The first-order valence-corrected chi connectivity index (χ1v) is 9.22. The molecule has 1 aromatic heterocycles. The van der Waals surface area contributed by atoms with E-state index in [4.69, 9.17) is 33.7 Å². The Morgan fingerprint density at radius 2 is 2.20 bits per heavy atom. The first kappa shape index (κ1) is 19.5. The van der Waals surface area contributed by atoms with Gasteiger partial charge in [0.25, 0.3) is 0 Å². The molecule has 0 saturated heterocycles. The number of esters is 1. The van der Waals surface area contributed by atoms with Crippen molar-refractivity contribution in [1.29, 1.82) is 5.26 Å². The fourth-order valence-electron chi connectivity index (χ4n) is 2.46. The van der Waals surface area contributed by atoms with Crippen molar-refractivity contribution in [3.63, 3.8) is 0 Å². The van der Waals surface area contributed by atoms with Crippen molar-refractivity contribution >= 4 is 45.5 Å². The SMILES string of the molecule is CCOC(=O)c1sc(N)c(C#N)c1C[NH2+][C@H](C)c1ccc(Cl)cc1Cl. The number of nitriles is 1. The Labute approximate surface area is 160 Å². The van der Waals surface area contributed by atoms with Crippen LogP contribution in [-0.4, -0.2) is 12.6 Å². The zero-order chi connectivity index (χ0) is 18.6. The predicted octanol–water partition coefficient (Wildman–Crippen LogP) is 3.51. The molecule has 1 aromatic carbocycles. The standard InChI is InChI=1S/C17H17Cl2N3O2S/c1-3-24-17(23)15-13(12(7-20)16(21)25-15)8-22-9(2)11-5-4-10(18)6-14(11)19/h4-6,9,22H,3,8,21H2,1-2H3/p+1/t9-/m1/s1. The summed E-state index contributed by atoms with van der Waals surface area (Å²) in [5.41, 5.74) is 7.73. The average Bonchev–Trinajstić information content (AvgIpc) is 2.88. The molecule has 25 heavy (non-hydrogen) atoms. The molecule has 1 heterocycles. The van der Waals surface area contributed by atoms with Crippen molar-refractivity contribution in [2.24, 2.45) is 0 Å². The molecule has 0 saturated carbocycles. The first-order valence-electron chi connectivity index (χ1n) is 7.65. The van der Waals surface area contributed by atoms with Gasteiger partial charge in [-0.3, -0.25) is 0 Å². The lowest BCUT2D eigenvalue weighted by molar-refractivity contribution is -0.707. The number of quaternary nitrogens is 1. The summed E-state index contributed by atoms with van der Waals surface area (Å²) in [5, 5.41) is 12.8. The van der Waals surface area contributed by atoms with Crippen LogP contribution in [0.2, 0.25) is 10.0 Å². The highest BCUT2D eigenvalue weighted by atomic mass is 35.5. The molecule has 0 aliphatic rings. The van der Waals surface area contributed by atoms with Crippen LogP contribution in [-0.2, 0) is 11.3 Å². The fraction of sp³-hybridized carbons (Fsp3) is 0.294. The number of nitrogens with zero attached hydrogens (tertiary/aromatic N) is 1. The number of ether oxygens (including phenoxy) is 1. The number of carbonyl (C=O) groups is 1. The number of rotatable bonds is 6. The smallest absolute Gasteiger partial charge is 0.348 e. The Hall–Kier alpha value is -1.78. The van der Waals surface area contributed by atoms with Gasteiger partial charge in [0.2, 0.25) is 0 Å². The van der Waals surface area contributed by atoms with E-state index in [1.54, 1.807) is 19.1 Å². The molecule has 0 amide bonds. The molecule has 8 heteroatoms. The summed E-state index contributed by atoms with van der Waals surface area (Å²) in [6, 6.07) is 7.42. The molecular weight excluding hydrogens is 381 g/mol. The number of benzene rings is 1. The lowest BCUT2D eigenvalue weighted by atomic mass is 10.1. The number of nitrogens with two attached hydrogens (primary N) is 2. The minimum absolute atomic E-state index is 0.00693. The van der Waals surface area contributed by atoms with Crippen molar-refractivity contribution in [3.05, 3.63) is 49.8 Å². The summed E-state index contributed by atoms with van der Waals surface area (Å²) in [6.07, 6.45) is 0. The Balaban J connectivity index is 2.24. The zero-order valence-electron chi connectivity index (χ0n) is 13.8. The van der Waals surface area contributed by atoms with Gasteiger partial charge in [0.05, 0.1) is 22.8 Å². The van der Waals surface area contributed by atoms with Crippen LogP contribution in [0.15, 0.2) is 18.2 Å². The van der Waals surface area contributed by atoms with E-state index in [0.717, 1.165) is 16.9 Å². The molecule has 4 N–H and O–H groups in total. The highest BCUT2D eigenvalue weighted by Gasteiger charge is 2.25. The Morgan fingerprint density at radius 3 is 2.80 bits per heavy atom. The molecule has 5 nitrogen and oxygen atoms in total. The summed E-state index contributed by atoms with van der Waals surface area (Å²) in [7, 11) is 0. The lowest BCUT2D eigenvalue weighted by Crippen LogP contribution is -2.83. The first-order chi connectivity index (χ1) is 11.9. The number of hydrogen-bond donors (Lipinski definition) is 2. The summed E-state index contributed by atoms with van der Waals surface area (Å²) in [5.74, 6) is -0.457. The number of carbonyl (C=O) groups excluding carboxylic acids is 1. The Kier molecular flexibility index (Phi) is 6.68. The van der Waals surface area contributed by atoms with E-state index in [-0.39, 0.29) is 12.6 Å². The van der Waals surface area contributed by atoms with Crippen molar-refractivity contribution < 1.29 is 14.8 Å². The Morgan fingerprint density at radius 1 is 1.48 bits per heavy atom. The molecule has 1 atom stereocenters. The van der Waals surface area contributed by atoms with Gasteiger partial charge in [-0.05, 0) is 26.0 Å². The van der Waals surface area contributed by atoms with E-state index in [9.17, 15) is 10.1 Å². The monoisotopic (exact) mass is 398 g/mol. The molecule has 0 radical (unpaired) electrons. The van der Waals surface area contributed by atoms with Crippen LogP contribution in [0.3, 0.4) is 0 Å². The third kappa shape index (κ3) is 4.44. The van der Waals surface area contributed by atoms with E-state index < -0.39 is 5.97 Å². The highest BCUT2D eigenvalue weighted by Crippen LogP contribution is 2.31. The maximum atomic E-state index is 12.1. The van der Waals surface area contributed by atoms with Crippen molar-refractivity contribution in [2.45, 2.75) is 26.4 Å². The molecule has 0 fully saturated rings. The summed E-state index contributed by atoms with van der Waals surface area (Å²) < 4.78 is 5.06. The van der Waals surface area contributed by atoms with Crippen LogP contribution in [0.25, 0.3) is 0 Å². The molecule has 0 aliphatic carbocycles. The zero-order valence-corrected chi connectivity index (χ0v) is 16.1. The van der Waals surface area contributed by atoms with E-state index in [0.29, 0.717) is 37.6 Å². The van der Waals surface area contributed by atoms with Gasteiger partial charge in [0, 0.05) is 10.6 Å². The molecular formula is C17H18Cl2N3O2S+. The third-order valence-electron chi connectivity index (χ3n) is 3.74. The molecule has 2 rings (SSSR count). The molecule has 0 spiro atoms. The van der Waals surface area contributed by atoms with Gasteiger partial charge in [-0.15, -0.1) is 11.3 Å². The molecule has 0 bridgehead atoms. The number of anilines is 1. The molecule has 0 unspecified atom stereocenters. The lowest BCUT2D eigenvalue weighted by Gasteiger charge is -2.13. The number of halogens is 2. The van der Waals surface area contributed by atoms with Crippen LogP contribution in [0.5, 0.6) is 0 Å². The van der Waals surface area contributed by atoms with Crippen molar-refractivity contribution in [3.8, 4) is 6.07 Å². The van der Waals surface area contributed by atoms with Gasteiger partial charge in [-0.1, -0.05) is 29.3 Å². The van der Waals surface area contributed by atoms with Crippen LogP contribution in [0.4, 0.5) is 5.00 Å². The quantitative estimate of drug-likeness (QED) is 0.727. The average molecular weight is 399 g/mol. The van der Waals surface area contributed by atoms with E-state index in [1.165, 1.54) is 0 Å². The van der Waals surface area contributed by atoms with Crippen LogP contribution >= 0.6 is 34.5 Å². The van der Waals surface area contributed by atoms with Gasteiger partial charge in [0.15, 0.2) is 0 Å². The normalized spacial score (nSPS) is 11.8. The summed E-state index contributed by atoms with van der Waals surface area (Å²) >= 11 is 13.3. The topological polar surface area (TPSA) is 92.7 Å². The second-order valence-corrected chi connectivity index (χ2v) is 7.27. The second kappa shape index (κ2) is 8.54. The third-order valence-corrected chi connectivity index (χ3v) is 5.34. The maximum absolute atomic E-state index is 12.1. The van der Waals surface area contributed by atoms with Gasteiger partial charge in [-0.25, -0.2) is 4.79 Å². The summed E-state index contributed by atoms with van der Waals surface area (Å²) in [4.78, 5) is 12.5. The molecule has 0 aliphatic heterocycles. The number of hydrogen-bond acceptors (Lipinski definition) is 5. The largest absolute Gasteiger partial charge is 0.462 e. The molecule has 132 valence electrons. The van der Waals surface area contributed by atoms with E-state index in [1.807, 2.05) is 18.3 Å². The van der Waals surface area contributed by atoms with Crippen LogP contribution < -0.4 is 11.1 Å². The van der Waals surface area contributed by atoms with E-state index in [2.05, 4.69) is 6.07 Å². The Bertz CT molecular complexity index is 830. The fourth-order valence-corrected chi connectivity index (χ4v) is 3.98. The van der Waals surface area contributed by atoms with E-state index >= 15 is 0 Å². The number of thiophene rings is 1. The van der Waals surface area contributed by atoms with Crippen molar-refractivity contribution in [2.75, 3.05) is 12.3 Å². The van der Waals surface area contributed by atoms with Crippen LogP contribution in [0, 0.1) is 11.3 Å². The second-order valence-electron chi connectivity index (χ2n) is 5.38. The predicted molar refractivity (Wildman–Crippen MR) is 99.9 cm³/mol. The highest BCUT2D eigenvalue weighted by molar-refractivity contribution is 7.18. The van der Waals surface area contributed by atoms with Crippen LogP contribution in [0.1, 0.15) is 46.3 Å². The van der Waals surface area contributed by atoms with Gasteiger partial charge in [0.1, 0.15) is 28.5 Å². The summed E-state index contributed by atoms with van der Waals surface area (Å²) in [6.45, 7) is 4.39. The molecule has 2 aromatic rings. The van der Waals surface area contributed by atoms with Crippen molar-refractivity contribution in [1.82, 2.24) is 0 Å². The van der Waals surface area contributed by atoms with Gasteiger partial charge < -0.3 is 15.8 Å². The van der Waals surface area contributed by atoms with Gasteiger partial charge >= 0.3 is 5.97 Å². The maximum Gasteiger partial charge on any atom is 0.348 e. The minimum atomic E-state index is -0.457.